The molecule has 0 aromatic heterocycles. The zero-order valence-electron chi connectivity index (χ0n) is 10.5. The Kier molecular flexibility index (Phi) is 3.53. The van der Waals surface area contributed by atoms with Gasteiger partial charge in [-0.05, 0) is 74.1 Å². The predicted molar refractivity (Wildman–Crippen MR) is 66.8 cm³/mol. The molecule has 0 unspecified atom stereocenters. The van der Waals surface area contributed by atoms with E-state index < -0.39 is 5.97 Å². The second-order valence-corrected chi connectivity index (χ2v) is 4.21. The molecule has 0 fully saturated rings. The number of hydrogen-bond acceptors (Lipinski definition) is 1. The fourth-order valence-electron chi connectivity index (χ4n) is 1.93. The lowest BCUT2D eigenvalue weighted by atomic mass is 9.89. The summed E-state index contributed by atoms with van der Waals surface area (Å²) in [6.45, 7) is 10.3. The monoisotopic (exact) mass is 218 g/mol. The van der Waals surface area contributed by atoms with Crippen molar-refractivity contribution in [3.8, 4) is 0 Å². The van der Waals surface area contributed by atoms with Crippen molar-refractivity contribution in [2.45, 2.75) is 34.6 Å². The van der Waals surface area contributed by atoms with Crippen LogP contribution in [0.3, 0.4) is 0 Å². The van der Waals surface area contributed by atoms with Crippen LogP contribution in [0.1, 0.15) is 33.4 Å². The second kappa shape index (κ2) is 4.52. The zero-order valence-corrected chi connectivity index (χ0v) is 10.5. The van der Waals surface area contributed by atoms with Gasteiger partial charge >= 0.3 is 5.97 Å². The molecular formula is C14H18O2. The van der Waals surface area contributed by atoms with Crippen molar-refractivity contribution in [1.82, 2.24) is 0 Å². The summed E-state index contributed by atoms with van der Waals surface area (Å²) >= 11 is 0. The molecule has 2 heteroatoms. The lowest BCUT2D eigenvalue weighted by molar-refractivity contribution is -0.131. The lowest BCUT2D eigenvalue weighted by Crippen LogP contribution is -1.99. The Morgan fingerprint density at radius 3 is 1.62 bits per heavy atom. The molecule has 0 atom stereocenters. The third-order valence-electron chi connectivity index (χ3n) is 3.45. The average molecular weight is 218 g/mol. The molecule has 0 radical (unpaired) electrons. The molecule has 0 saturated carbocycles. The summed E-state index contributed by atoms with van der Waals surface area (Å²) in [5.41, 5.74) is 7.14. The molecule has 0 aliphatic rings. The molecule has 1 N–H and O–H groups in total. The molecule has 0 aliphatic carbocycles. The average Bonchev–Trinajstić information content (AvgIpc) is 2.23. The number of carboxylic acid groups (broad SMARTS) is 1. The number of carboxylic acids is 1. The van der Waals surface area contributed by atoms with Crippen LogP contribution in [0, 0.1) is 34.6 Å². The van der Waals surface area contributed by atoms with E-state index in [1.807, 2.05) is 13.8 Å². The number of hydrogen-bond donors (Lipinski definition) is 1. The summed E-state index contributed by atoms with van der Waals surface area (Å²) in [7, 11) is 0. The van der Waals surface area contributed by atoms with Gasteiger partial charge in [-0.3, -0.25) is 0 Å². The fourth-order valence-corrected chi connectivity index (χ4v) is 1.93. The Hall–Kier alpha value is -1.57. The molecule has 0 saturated heterocycles. The topological polar surface area (TPSA) is 37.3 Å². The van der Waals surface area contributed by atoms with Gasteiger partial charge < -0.3 is 5.11 Å². The molecule has 2 nitrogen and oxygen atoms in total. The van der Waals surface area contributed by atoms with Gasteiger partial charge in [-0.2, -0.15) is 0 Å². The summed E-state index contributed by atoms with van der Waals surface area (Å²) in [5, 5.41) is 8.66. The van der Waals surface area contributed by atoms with Crippen molar-refractivity contribution in [3.05, 3.63) is 39.5 Å². The molecule has 1 aromatic carbocycles. The third-order valence-corrected chi connectivity index (χ3v) is 3.45. The molecule has 1 aromatic rings. The summed E-state index contributed by atoms with van der Waals surface area (Å²) in [5.74, 6) is -0.908. The maximum absolute atomic E-state index is 10.5. The van der Waals surface area contributed by atoms with Crippen LogP contribution >= 0.6 is 0 Å². The maximum Gasteiger partial charge on any atom is 0.328 e. The summed E-state index contributed by atoms with van der Waals surface area (Å²) < 4.78 is 0. The predicted octanol–water partition coefficient (Wildman–Crippen LogP) is 3.33. The SMILES string of the molecule is Cc1c(C)c(C)c(/C=C/C(=O)O)c(C)c1C. The van der Waals surface area contributed by atoms with E-state index in [0.717, 1.165) is 16.7 Å². The first-order valence-corrected chi connectivity index (χ1v) is 5.34. The van der Waals surface area contributed by atoms with Gasteiger partial charge in [-0.25, -0.2) is 4.79 Å². The Bertz CT molecular complexity index is 439. The summed E-state index contributed by atoms with van der Waals surface area (Å²) in [6.07, 6.45) is 2.88. The van der Waals surface area contributed by atoms with Gasteiger partial charge in [0.05, 0.1) is 0 Å². The minimum absolute atomic E-state index is 0.908. The van der Waals surface area contributed by atoms with E-state index in [1.165, 1.54) is 22.8 Å². The summed E-state index contributed by atoms with van der Waals surface area (Å²) in [4.78, 5) is 10.5. The van der Waals surface area contributed by atoms with E-state index in [1.54, 1.807) is 6.08 Å². The fraction of sp³-hybridized carbons (Fsp3) is 0.357. The largest absolute Gasteiger partial charge is 0.478 e. The van der Waals surface area contributed by atoms with Crippen molar-refractivity contribution in [2.24, 2.45) is 0 Å². The minimum Gasteiger partial charge on any atom is -0.478 e. The van der Waals surface area contributed by atoms with E-state index in [-0.39, 0.29) is 0 Å². The van der Waals surface area contributed by atoms with Crippen LogP contribution in [0.5, 0.6) is 0 Å². The van der Waals surface area contributed by atoms with Crippen LogP contribution in [0.15, 0.2) is 6.08 Å². The van der Waals surface area contributed by atoms with Crippen LogP contribution in [-0.2, 0) is 4.79 Å². The van der Waals surface area contributed by atoms with Crippen molar-refractivity contribution < 1.29 is 9.90 Å². The number of aliphatic carboxylic acids is 1. The number of benzene rings is 1. The van der Waals surface area contributed by atoms with E-state index >= 15 is 0 Å². The van der Waals surface area contributed by atoms with Gasteiger partial charge in [0.15, 0.2) is 0 Å². The van der Waals surface area contributed by atoms with E-state index in [4.69, 9.17) is 5.11 Å². The molecule has 0 heterocycles. The standard InChI is InChI=1S/C14H18O2/c1-8-9(2)11(4)13(6-7-14(15)16)12(5)10(8)3/h6-7H,1-5H3,(H,15,16)/b7-6+. The van der Waals surface area contributed by atoms with Gasteiger partial charge in [0.25, 0.3) is 0 Å². The molecule has 16 heavy (non-hydrogen) atoms. The molecule has 0 bridgehead atoms. The quantitative estimate of drug-likeness (QED) is 0.773. The Balaban J connectivity index is 3.45. The minimum atomic E-state index is -0.908. The van der Waals surface area contributed by atoms with Crippen molar-refractivity contribution in [2.75, 3.05) is 0 Å². The van der Waals surface area contributed by atoms with Crippen LogP contribution in [0.4, 0.5) is 0 Å². The molecule has 1 rings (SSSR count). The Morgan fingerprint density at radius 1 is 0.875 bits per heavy atom. The highest BCUT2D eigenvalue weighted by molar-refractivity contribution is 5.86. The van der Waals surface area contributed by atoms with Crippen molar-refractivity contribution in [3.63, 3.8) is 0 Å². The molecule has 0 aliphatic heterocycles. The highest BCUT2D eigenvalue weighted by Crippen LogP contribution is 2.26. The number of rotatable bonds is 2. The Labute approximate surface area is 96.6 Å². The maximum atomic E-state index is 10.5. The van der Waals surface area contributed by atoms with Crippen LogP contribution < -0.4 is 0 Å². The van der Waals surface area contributed by atoms with Crippen LogP contribution in [0.2, 0.25) is 0 Å². The molecule has 0 amide bonds. The zero-order chi connectivity index (χ0) is 12.5. The molecule has 86 valence electrons. The Morgan fingerprint density at radius 2 is 1.25 bits per heavy atom. The smallest absolute Gasteiger partial charge is 0.328 e. The van der Waals surface area contributed by atoms with Gasteiger partial charge in [0.2, 0.25) is 0 Å². The van der Waals surface area contributed by atoms with Crippen molar-refractivity contribution >= 4 is 12.0 Å². The first-order valence-electron chi connectivity index (χ1n) is 5.34. The van der Waals surface area contributed by atoms with E-state index in [9.17, 15) is 4.79 Å². The number of carbonyl (C=O) groups is 1. The highest BCUT2D eigenvalue weighted by Gasteiger charge is 2.09. The third kappa shape index (κ3) is 2.16. The molecular weight excluding hydrogens is 200 g/mol. The second-order valence-electron chi connectivity index (χ2n) is 4.21. The first-order chi connectivity index (χ1) is 7.36. The van der Waals surface area contributed by atoms with Gasteiger partial charge in [0, 0.05) is 6.08 Å². The van der Waals surface area contributed by atoms with Gasteiger partial charge in [-0.1, -0.05) is 0 Å². The molecule has 0 spiro atoms. The lowest BCUT2D eigenvalue weighted by Gasteiger charge is -2.16. The van der Waals surface area contributed by atoms with Gasteiger partial charge in [0.1, 0.15) is 0 Å². The summed E-state index contributed by atoms with van der Waals surface area (Å²) in [6, 6.07) is 0. The first kappa shape index (κ1) is 12.5. The normalized spacial score (nSPS) is 11.1. The van der Waals surface area contributed by atoms with Gasteiger partial charge in [-0.15, -0.1) is 0 Å². The van der Waals surface area contributed by atoms with E-state index in [2.05, 4.69) is 20.8 Å². The highest BCUT2D eigenvalue weighted by atomic mass is 16.4. The van der Waals surface area contributed by atoms with Crippen molar-refractivity contribution in [1.29, 1.82) is 0 Å². The van der Waals surface area contributed by atoms with Crippen LogP contribution in [0.25, 0.3) is 6.08 Å². The van der Waals surface area contributed by atoms with E-state index in [0.29, 0.717) is 0 Å². The van der Waals surface area contributed by atoms with Crippen LogP contribution in [-0.4, -0.2) is 11.1 Å².